The second-order valence-electron chi connectivity index (χ2n) is 9.50. The molecule has 2 aromatic heterocycles. The fraction of sp³-hybridized carbons (Fsp3) is 0.458. The summed E-state index contributed by atoms with van der Waals surface area (Å²) in [5, 5.41) is 7.91. The highest BCUT2D eigenvalue weighted by atomic mass is 19.4. The summed E-state index contributed by atoms with van der Waals surface area (Å²) in [6, 6.07) is 9.31. The molecule has 8 nitrogen and oxygen atoms in total. The van der Waals surface area contributed by atoms with Crippen molar-refractivity contribution in [3.8, 4) is 17.0 Å². The highest BCUT2D eigenvalue weighted by molar-refractivity contribution is 5.68. The zero-order valence-electron chi connectivity index (χ0n) is 19.8. The molecule has 0 bridgehead atoms. The van der Waals surface area contributed by atoms with Crippen molar-refractivity contribution in [2.45, 2.75) is 45.6 Å². The number of hydrogen-bond acceptors (Lipinski definition) is 6. The highest BCUT2D eigenvalue weighted by Gasteiger charge is 2.31. The number of alkyl halides is 3. The van der Waals surface area contributed by atoms with E-state index in [1.807, 2.05) is 26.8 Å². The summed E-state index contributed by atoms with van der Waals surface area (Å²) >= 11 is 0. The van der Waals surface area contributed by atoms with Crippen LogP contribution < -0.4 is 10.1 Å². The predicted molar refractivity (Wildman–Crippen MR) is 124 cm³/mol. The fourth-order valence-electron chi connectivity index (χ4n) is 3.91. The number of piperidine rings is 1. The van der Waals surface area contributed by atoms with Gasteiger partial charge in [0, 0.05) is 25.2 Å². The quantitative estimate of drug-likeness (QED) is 0.518. The number of likely N-dealkylation sites (tertiary alicyclic amines) is 1. The first-order valence-electron chi connectivity index (χ1n) is 11.4. The molecule has 1 aliphatic rings. The Morgan fingerprint density at radius 2 is 1.89 bits per heavy atom. The van der Waals surface area contributed by atoms with Crippen molar-refractivity contribution < 1.29 is 27.4 Å². The summed E-state index contributed by atoms with van der Waals surface area (Å²) in [4.78, 5) is 18.3. The molecule has 0 radical (unpaired) electrons. The molecule has 35 heavy (non-hydrogen) atoms. The average Bonchev–Trinajstić information content (AvgIpc) is 3.19. The van der Waals surface area contributed by atoms with Gasteiger partial charge in [0.2, 0.25) is 0 Å². The molecule has 188 valence electrons. The van der Waals surface area contributed by atoms with Gasteiger partial charge in [-0.1, -0.05) is 12.1 Å². The minimum absolute atomic E-state index is 0.284. The molecule has 11 heteroatoms. The summed E-state index contributed by atoms with van der Waals surface area (Å²) in [6.45, 7) is 7.50. The van der Waals surface area contributed by atoms with Crippen molar-refractivity contribution in [3.63, 3.8) is 0 Å². The van der Waals surface area contributed by atoms with Gasteiger partial charge in [-0.3, -0.25) is 0 Å². The van der Waals surface area contributed by atoms with Crippen molar-refractivity contribution in [1.82, 2.24) is 19.5 Å². The second kappa shape index (κ2) is 9.63. The van der Waals surface area contributed by atoms with Crippen LogP contribution in [0, 0.1) is 5.92 Å². The number of nitrogens with zero attached hydrogens (tertiary/aromatic N) is 4. The van der Waals surface area contributed by atoms with Gasteiger partial charge in [-0.25, -0.2) is 14.3 Å². The number of imidazole rings is 1. The summed E-state index contributed by atoms with van der Waals surface area (Å²) in [5.74, 6) is 0.676. The normalized spacial score (nSPS) is 15.3. The molecule has 1 saturated heterocycles. The predicted octanol–water partition coefficient (Wildman–Crippen LogP) is 5.35. The van der Waals surface area contributed by atoms with Gasteiger partial charge in [0.25, 0.3) is 0 Å². The van der Waals surface area contributed by atoms with E-state index >= 15 is 0 Å². The Hall–Kier alpha value is -3.50. The van der Waals surface area contributed by atoms with Crippen LogP contribution in [-0.4, -0.2) is 57.2 Å². The number of benzene rings is 1. The Morgan fingerprint density at radius 3 is 2.57 bits per heavy atom. The number of hydrogen-bond donors (Lipinski definition) is 1. The first-order chi connectivity index (χ1) is 16.5. The molecule has 1 fully saturated rings. The van der Waals surface area contributed by atoms with E-state index in [2.05, 4.69) is 20.1 Å². The largest absolute Gasteiger partial charge is 0.573 e. The Morgan fingerprint density at radius 1 is 1.14 bits per heavy atom. The SMILES string of the molecule is CC(C)(C)OC(=O)N1CCC(CNc2ccc3ncc(-c4cccc(OC(F)(F)F)c4)n3n2)CC1. The lowest BCUT2D eigenvalue weighted by Gasteiger charge is -2.33. The third-order valence-electron chi connectivity index (χ3n) is 5.56. The lowest BCUT2D eigenvalue weighted by Crippen LogP contribution is -2.42. The zero-order chi connectivity index (χ0) is 25.2. The van der Waals surface area contributed by atoms with Crippen LogP contribution in [0.1, 0.15) is 33.6 Å². The van der Waals surface area contributed by atoms with Crippen LogP contribution in [0.5, 0.6) is 5.75 Å². The molecule has 0 saturated carbocycles. The van der Waals surface area contributed by atoms with Gasteiger partial charge in [-0.15, -0.1) is 18.3 Å². The van der Waals surface area contributed by atoms with Gasteiger partial charge in [0.1, 0.15) is 17.2 Å². The highest BCUT2D eigenvalue weighted by Crippen LogP contribution is 2.28. The lowest BCUT2D eigenvalue weighted by atomic mass is 9.97. The number of fused-ring (bicyclic) bond motifs is 1. The molecule has 0 aliphatic carbocycles. The van der Waals surface area contributed by atoms with E-state index in [0.29, 0.717) is 48.3 Å². The monoisotopic (exact) mass is 491 g/mol. The molecule has 1 aliphatic heterocycles. The van der Waals surface area contributed by atoms with Crippen molar-refractivity contribution >= 4 is 17.6 Å². The molecule has 0 atom stereocenters. The first-order valence-corrected chi connectivity index (χ1v) is 11.4. The maximum Gasteiger partial charge on any atom is 0.573 e. The number of anilines is 1. The van der Waals surface area contributed by atoms with Crippen LogP contribution in [0.25, 0.3) is 16.9 Å². The van der Waals surface area contributed by atoms with E-state index in [0.717, 1.165) is 12.8 Å². The van der Waals surface area contributed by atoms with Crippen molar-refractivity contribution in [1.29, 1.82) is 0 Å². The molecule has 0 unspecified atom stereocenters. The van der Waals surface area contributed by atoms with E-state index in [-0.39, 0.29) is 11.8 Å². The Labute approximate surface area is 201 Å². The van der Waals surface area contributed by atoms with Crippen LogP contribution in [0.15, 0.2) is 42.6 Å². The molecule has 1 amide bonds. The molecule has 1 aromatic carbocycles. The van der Waals surface area contributed by atoms with Gasteiger partial charge in [0.15, 0.2) is 5.65 Å². The topological polar surface area (TPSA) is 81.0 Å². The molecule has 3 heterocycles. The summed E-state index contributed by atoms with van der Waals surface area (Å²) in [5.41, 5.74) is 1.09. The van der Waals surface area contributed by atoms with Crippen LogP contribution in [0.2, 0.25) is 0 Å². The number of carbonyl (C=O) groups is 1. The van der Waals surface area contributed by atoms with Gasteiger partial charge in [-0.05, 0) is 63.8 Å². The number of rotatable bonds is 5. The lowest BCUT2D eigenvalue weighted by molar-refractivity contribution is -0.274. The first kappa shape index (κ1) is 24.6. The van der Waals surface area contributed by atoms with Gasteiger partial charge >= 0.3 is 12.5 Å². The van der Waals surface area contributed by atoms with Crippen molar-refractivity contribution in [2.24, 2.45) is 5.92 Å². The minimum Gasteiger partial charge on any atom is -0.444 e. The van der Waals surface area contributed by atoms with E-state index in [1.165, 1.54) is 18.2 Å². The molecule has 3 aromatic rings. The van der Waals surface area contributed by atoms with Crippen molar-refractivity contribution in [3.05, 3.63) is 42.6 Å². The Kier molecular flexibility index (Phi) is 6.77. The van der Waals surface area contributed by atoms with E-state index in [1.54, 1.807) is 27.7 Å². The van der Waals surface area contributed by atoms with Gasteiger partial charge in [-0.2, -0.15) is 0 Å². The molecule has 4 rings (SSSR count). The Bertz CT molecular complexity index is 1180. The average molecular weight is 492 g/mol. The third-order valence-corrected chi connectivity index (χ3v) is 5.56. The van der Waals surface area contributed by atoms with Crippen molar-refractivity contribution in [2.75, 3.05) is 25.0 Å². The standard InChI is InChI=1S/C24H28F3N5O3/c1-23(2,3)35-22(33)31-11-9-16(10-12-31)14-28-20-7-8-21-29-15-19(32(21)30-20)17-5-4-6-18(13-17)34-24(25,26)27/h4-8,13,15-16H,9-12,14H2,1-3H3,(H,28,30). The molecule has 0 spiro atoms. The van der Waals surface area contributed by atoms with Crippen LogP contribution in [-0.2, 0) is 4.74 Å². The third kappa shape index (κ3) is 6.55. The Balaban J connectivity index is 1.39. The van der Waals surface area contributed by atoms with E-state index < -0.39 is 12.0 Å². The number of halogens is 3. The number of aromatic nitrogens is 3. The van der Waals surface area contributed by atoms with E-state index in [4.69, 9.17) is 4.74 Å². The smallest absolute Gasteiger partial charge is 0.444 e. The van der Waals surface area contributed by atoms with Crippen LogP contribution in [0.3, 0.4) is 0 Å². The number of carbonyl (C=O) groups excluding carboxylic acids is 1. The summed E-state index contributed by atoms with van der Waals surface area (Å²) in [6.07, 6.45) is -1.80. The summed E-state index contributed by atoms with van der Waals surface area (Å²) in [7, 11) is 0. The zero-order valence-corrected chi connectivity index (χ0v) is 19.8. The molecular weight excluding hydrogens is 463 g/mol. The fourth-order valence-corrected chi connectivity index (χ4v) is 3.91. The summed E-state index contributed by atoms with van der Waals surface area (Å²) < 4.78 is 48.9. The van der Waals surface area contributed by atoms with Gasteiger partial charge in [0.05, 0.1) is 11.9 Å². The van der Waals surface area contributed by atoms with Gasteiger partial charge < -0.3 is 19.7 Å². The van der Waals surface area contributed by atoms with Crippen LogP contribution >= 0.6 is 0 Å². The number of nitrogens with one attached hydrogen (secondary N) is 1. The maximum absolute atomic E-state index is 12.6. The molecule has 1 N–H and O–H groups in total. The van der Waals surface area contributed by atoms with E-state index in [9.17, 15) is 18.0 Å². The number of ether oxygens (including phenoxy) is 2. The minimum atomic E-state index is -4.77. The molecular formula is C24H28F3N5O3. The maximum atomic E-state index is 12.6. The second-order valence-corrected chi connectivity index (χ2v) is 9.50. The van der Waals surface area contributed by atoms with Crippen LogP contribution in [0.4, 0.5) is 23.8 Å². The number of amides is 1.